The molecule has 162 valence electrons. The molecule has 0 atom stereocenters. The summed E-state index contributed by atoms with van der Waals surface area (Å²) in [5, 5.41) is 10.0. The molecule has 9 heteroatoms. The maximum Gasteiger partial charge on any atom is 0.252 e. The maximum atomic E-state index is 13.1. The molecule has 0 saturated heterocycles. The topological polar surface area (TPSA) is 88.9 Å². The van der Waals surface area contributed by atoms with E-state index in [9.17, 15) is 14.0 Å². The number of nitrogens with one attached hydrogen (secondary N) is 2. The Morgan fingerprint density at radius 1 is 1.16 bits per heavy atom. The number of hydrogen-bond acceptors (Lipinski definition) is 4. The van der Waals surface area contributed by atoms with Crippen molar-refractivity contribution in [3.05, 3.63) is 70.8 Å². The van der Waals surface area contributed by atoms with Gasteiger partial charge in [-0.3, -0.25) is 9.59 Å². The van der Waals surface area contributed by atoms with Crippen LogP contribution in [0.3, 0.4) is 0 Å². The first-order valence-electron chi connectivity index (χ1n) is 9.70. The Morgan fingerprint density at radius 2 is 1.94 bits per heavy atom. The highest BCUT2D eigenvalue weighted by molar-refractivity contribution is 6.33. The molecule has 3 rings (SSSR count). The summed E-state index contributed by atoms with van der Waals surface area (Å²) in [5.74, 6) is -0.247. The average molecular weight is 444 g/mol. The summed E-state index contributed by atoms with van der Waals surface area (Å²) in [6, 6.07) is 10.8. The molecule has 1 aromatic carbocycles. The third kappa shape index (κ3) is 5.67. The number of halogens is 2. The molecule has 0 unspecified atom stereocenters. The molecule has 3 aromatic rings. The van der Waals surface area contributed by atoms with Gasteiger partial charge in [0.15, 0.2) is 5.82 Å². The Labute approximate surface area is 184 Å². The summed E-state index contributed by atoms with van der Waals surface area (Å²) in [5.41, 5.74) is 0.723. The van der Waals surface area contributed by atoms with Crippen molar-refractivity contribution < 1.29 is 14.0 Å². The Kier molecular flexibility index (Phi) is 6.70. The molecule has 0 aliphatic heterocycles. The smallest absolute Gasteiger partial charge is 0.252 e. The van der Waals surface area contributed by atoms with Crippen LogP contribution in [0.2, 0.25) is 5.02 Å². The standard InChI is InChI=1S/C22H23ClFN5O2/c1-22(2,3)17-13-19(29(28-17)18-6-4-5-10-25-18)27-20(30)9-11-26-21(31)15-8-7-14(24)12-16(15)23/h4-8,10,12-13H,9,11H2,1-3H3,(H,26,31)(H,27,30). The van der Waals surface area contributed by atoms with E-state index in [1.165, 1.54) is 6.07 Å². The fraction of sp³-hybridized carbons (Fsp3) is 0.273. The van der Waals surface area contributed by atoms with Crippen LogP contribution in [0.4, 0.5) is 10.2 Å². The third-order valence-electron chi connectivity index (χ3n) is 4.42. The van der Waals surface area contributed by atoms with E-state index in [4.69, 9.17) is 11.6 Å². The average Bonchev–Trinajstić information content (AvgIpc) is 3.12. The molecule has 7 nitrogen and oxygen atoms in total. The molecular weight excluding hydrogens is 421 g/mol. The number of anilines is 1. The van der Waals surface area contributed by atoms with E-state index in [0.29, 0.717) is 11.6 Å². The second-order valence-electron chi connectivity index (χ2n) is 7.94. The predicted octanol–water partition coefficient (Wildman–Crippen LogP) is 4.12. The molecule has 0 aliphatic rings. The van der Waals surface area contributed by atoms with Gasteiger partial charge in [0.05, 0.1) is 16.3 Å². The first-order valence-corrected chi connectivity index (χ1v) is 10.1. The Morgan fingerprint density at radius 3 is 2.58 bits per heavy atom. The molecule has 2 amide bonds. The Hall–Kier alpha value is -3.26. The molecule has 31 heavy (non-hydrogen) atoms. The number of hydrogen-bond donors (Lipinski definition) is 2. The van der Waals surface area contributed by atoms with Crippen LogP contribution < -0.4 is 10.6 Å². The quantitative estimate of drug-likeness (QED) is 0.599. The minimum Gasteiger partial charge on any atom is -0.351 e. The molecule has 2 N–H and O–H groups in total. The molecule has 0 spiro atoms. The van der Waals surface area contributed by atoms with Gasteiger partial charge in [-0.25, -0.2) is 9.37 Å². The summed E-state index contributed by atoms with van der Waals surface area (Å²) < 4.78 is 14.7. The highest BCUT2D eigenvalue weighted by Gasteiger charge is 2.22. The number of nitrogens with zero attached hydrogens (tertiary/aromatic N) is 3. The van der Waals surface area contributed by atoms with Gasteiger partial charge >= 0.3 is 0 Å². The number of rotatable bonds is 6. The predicted molar refractivity (Wildman–Crippen MR) is 117 cm³/mol. The zero-order valence-corrected chi connectivity index (χ0v) is 18.2. The molecule has 0 aliphatic carbocycles. The second kappa shape index (κ2) is 9.26. The first-order chi connectivity index (χ1) is 14.6. The minimum absolute atomic E-state index is 0.0101. The summed E-state index contributed by atoms with van der Waals surface area (Å²) >= 11 is 5.89. The van der Waals surface area contributed by atoms with Crippen LogP contribution in [-0.4, -0.2) is 33.1 Å². The Bertz CT molecular complexity index is 1090. The summed E-state index contributed by atoms with van der Waals surface area (Å²) in [7, 11) is 0. The van der Waals surface area contributed by atoms with Crippen molar-refractivity contribution in [1.82, 2.24) is 20.1 Å². The van der Waals surface area contributed by atoms with Crippen LogP contribution in [0.1, 0.15) is 43.2 Å². The zero-order valence-electron chi connectivity index (χ0n) is 17.4. The summed E-state index contributed by atoms with van der Waals surface area (Å²) in [6.07, 6.45) is 1.68. The molecule has 0 bridgehead atoms. The lowest BCUT2D eigenvalue weighted by Crippen LogP contribution is -2.28. The van der Waals surface area contributed by atoms with E-state index >= 15 is 0 Å². The van der Waals surface area contributed by atoms with Crippen LogP contribution in [0, 0.1) is 5.82 Å². The van der Waals surface area contributed by atoms with E-state index in [0.717, 1.165) is 17.8 Å². The van der Waals surface area contributed by atoms with Crippen molar-refractivity contribution in [2.45, 2.75) is 32.6 Å². The van der Waals surface area contributed by atoms with E-state index in [-0.39, 0.29) is 34.9 Å². The van der Waals surface area contributed by atoms with Crippen molar-refractivity contribution >= 4 is 29.2 Å². The normalized spacial score (nSPS) is 11.3. The van der Waals surface area contributed by atoms with Gasteiger partial charge in [-0.05, 0) is 30.3 Å². The molecule has 0 saturated carbocycles. The van der Waals surface area contributed by atoms with Crippen LogP contribution >= 0.6 is 11.6 Å². The van der Waals surface area contributed by atoms with Crippen molar-refractivity contribution in [3.63, 3.8) is 0 Å². The summed E-state index contributed by atoms with van der Waals surface area (Å²) in [6.45, 7) is 6.17. The van der Waals surface area contributed by atoms with Gasteiger partial charge in [0.2, 0.25) is 5.91 Å². The number of aromatic nitrogens is 3. The SMILES string of the molecule is CC(C)(C)c1cc(NC(=O)CCNC(=O)c2ccc(F)cc2Cl)n(-c2ccccn2)n1. The fourth-order valence-corrected chi connectivity index (χ4v) is 3.01. The maximum absolute atomic E-state index is 13.1. The zero-order chi connectivity index (χ0) is 22.6. The van der Waals surface area contributed by atoms with Crippen molar-refractivity contribution in [3.8, 4) is 5.82 Å². The van der Waals surface area contributed by atoms with Gasteiger partial charge in [-0.2, -0.15) is 9.78 Å². The van der Waals surface area contributed by atoms with Gasteiger partial charge in [0.1, 0.15) is 11.6 Å². The summed E-state index contributed by atoms with van der Waals surface area (Å²) in [4.78, 5) is 29.0. The molecule has 0 fully saturated rings. The van der Waals surface area contributed by atoms with E-state index in [1.54, 1.807) is 23.0 Å². The van der Waals surface area contributed by atoms with Crippen molar-refractivity contribution in [1.29, 1.82) is 0 Å². The molecular formula is C22H23ClFN5O2. The molecule has 2 heterocycles. The third-order valence-corrected chi connectivity index (χ3v) is 4.74. The van der Waals surface area contributed by atoms with Crippen LogP contribution in [0.25, 0.3) is 5.82 Å². The lowest BCUT2D eigenvalue weighted by atomic mass is 9.92. The fourth-order valence-electron chi connectivity index (χ4n) is 2.75. The number of benzene rings is 1. The van der Waals surface area contributed by atoms with Crippen molar-refractivity contribution in [2.24, 2.45) is 0 Å². The highest BCUT2D eigenvalue weighted by Crippen LogP contribution is 2.25. The lowest BCUT2D eigenvalue weighted by Gasteiger charge is -2.13. The van der Waals surface area contributed by atoms with Gasteiger partial charge in [-0.1, -0.05) is 38.4 Å². The molecule has 0 radical (unpaired) electrons. The molecule has 2 aromatic heterocycles. The van der Waals surface area contributed by atoms with Crippen molar-refractivity contribution in [2.75, 3.05) is 11.9 Å². The van der Waals surface area contributed by atoms with Gasteiger partial charge in [0, 0.05) is 30.6 Å². The van der Waals surface area contributed by atoms with E-state index in [1.807, 2.05) is 32.9 Å². The number of pyridine rings is 1. The van der Waals surface area contributed by atoms with E-state index in [2.05, 4.69) is 20.7 Å². The highest BCUT2D eigenvalue weighted by atomic mass is 35.5. The van der Waals surface area contributed by atoms with Crippen LogP contribution in [0.5, 0.6) is 0 Å². The lowest BCUT2D eigenvalue weighted by molar-refractivity contribution is -0.116. The Balaban J connectivity index is 1.66. The van der Waals surface area contributed by atoms with Gasteiger partial charge in [-0.15, -0.1) is 0 Å². The number of amides is 2. The minimum atomic E-state index is -0.528. The van der Waals surface area contributed by atoms with Gasteiger partial charge < -0.3 is 10.6 Å². The number of carbonyl (C=O) groups excluding carboxylic acids is 2. The van der Waals surface area contributed by atoms with Gasteiger partial charge in [0.25, 0.3) is 5.91 Å². The number of carbonyl (C=O) groups is 2. The monoisotopic (exact) mass is 443 g/mol. The van der Waals surface area contributed by atoms with E-state index < -0.39 is 11.7 Å². The first kappa shape index (κ1) is 22.4. The van der Waals surface area contributed by atoms with Crippen LogP contribution in [0.15, 0.2) is 48.7 Å². The second-order valence-corrected chi connectivity index (χ2v) is 8.35. The largest absolute Gasteiger partial charge is 0.351 e. The van der Waals surface area contributed by atoms with Crippen LogP contribution in [-0.2, 0) is 10.2 Å².